The molecule has 0 saturated carbocycles. The first-order valence-electron chi connectivity index (χ1n) is 10.8. The van der Waals surface area contributed by atoms with E-state index in [-0.39, 0.29) is 5.91 Å². The van der Waals surface area contributed by atoms with Gasteiger partial charge in [0.15, 0.2) is 5.76 Å². The lowest BCUT2D eigenvalue weighted by atomic mass is 9.94. The zero-order valence-corrected chi connectivity index (χ0v) is 18.0. The largest absolute Gasteiger partial charge is 0.459 e. The van der Waals surface area contributed by atoms with E-state index in [1.54, 1.807) is 12.1 Å². The standard InChI is InChI=1S/C25H25N5O2/c1-17-22(14-27-25(31)23-8-5-11-32-23)21-9-10-30(15-19(21)12-26-17)16-20-13-28-29-24(20)18-6-3-2-4-7-18/h2-8,11-13H,9-10,14-16H2,1H3,(H,27,31)(H,28,29). The molecule has 0 unspecified atom stereocenters. The topological polar surface area (TPSA) is 87.1 Å². The maximum Gasteiger partial charge on any atom is 0.287 e. The summed E-state index contributed by atoms with van der Waals surface area (Å²) in [4.78, 5) is 19.3. The fraction of sp³-hybridized carbons (Fsp3) is 0.240. The average molecular weight is 428 g/mol. The van der Waals surface area contributed by atoms with Gasteiger partial charge >= 0.3 is 0 Å². The second kappa shape index (κ2) is 8.80. The number of H-pyrrole nitrogens is 1. The highest BCUT2D eigenvalue weighted by Gasteiger charge is 2.22. The molecule has 0 fully saturated rings. The number of hydrogen-bond acceptors (Lipinski definition) is 5. The van der Waals surface area contributed by atoms with Crippen LogP contribution in [0.1, 0.15) is 38.5 Å². The van der Waals surface area contributed by atoms with Crippen LogP contribution in [0, 0.1) is 6.92 Å². The van der Waals surface area contributed by atoms with Crippen LogP contribution in [0.3, 0.4) is 0 Å². The molecule has 1 amide bonds. The number of carbonyl (C=O) groups excluding carboxylic acids is 1. The summed E-state index contributed by atoms with van der Waals surface area (Å²) in [5.74, 6) is 0.110. The molecule has 32 heavy (non-hydrogen) atoms. The predicted octanol–water partition coefficient (Wildman–Crippen LogP) is 3.86. The Morgan fingerprint density at radius 2 is 2.06 bits per heavy atom. The van der Waals surface area contributed by atoms with Gasteiger partial charge in [-0.05, 0) is 47.7 Å². The monoisotopic (exact) mass is 427 g/mol. The van der Waals surface area contributed by atoms with Crippen molar-refractivity contribution in [2.75, 3.05) is 6.54 Å². The minimum absolute atomic E-state index is 0.210. The number of aromatic nitrogens is 3. The van der Waals surface area contributed by atoms with Gasteiger partial charge in [-0.15, -0.1) is 0 Å². The SMILES string of the molecule is Cc1ncc2c(c1CNC(=O)c1ccco1)CCN(Cc1cn[nH]c1-c1ccccc1)C2. The summed E-state index contributed by atoms with van der Waals surface area (Å²) < 4.78 is 5.19. The number of fused-ring (bicyclic) bond motifs is 1. The first kappa shape index (κ1) is 20.2. The Balaban J connectivity index is 1.30. The fourth-order valence-electron chi connectivity index (χ4n) is 4.34. The molecule has 5 rings (SSSR count). The first-order chi connectivity index (χ1) is 15.7. The summed E-state index contributed by atoms with van der Waals surface area (Å²) in [6.07, 6.45) is 6.32. The van der Waals surface area contributed by atoms with Crippen LogP contribution in [0.2, 0.25) is 0 Å². The summed E-state index contributed by atoms with van der Waals surface area (Å²) in [6, 6.07) is 13.7. The highest BCUT2D eigenvalue weighted by atomic mass is 16.3. The van der Waals surface area contributed by atoms with Crippen molar-refractivity contribution in [3.63, 3.8) is 0 Å². The average Bonchev–Trinajstić information content (AvgIpc) is 3.51. The van der Waals surface area contributed by atoms with Crippen LogP contribution in [-0.2, 0) is 26.1 Å². The highest BCUT2D eigenvalue weighted by molar-refractivity contribution is 5.91. The summed E-state index contributed by atoms with van der Waals surface area (Å²) in [6.45, 7) is 5.02. The van der Waals surface area contributed by atoms with Crippen molar-refractivity contribution in [3.05, 3.63) is 94.8 Å². The quantitative estimate of drug-likeness (QED) is 0.488. The lowest BCUT2D eigenvalue weighted by molar-refractivity contribution is 0.0923. The predicted molar refractivity (Wildman–Crippen MR) is 121 cm³/mol. The normalized spacial score (nSPS) is 13.7. The van der Waals surface area contributed by atoms with Crippen LogP contribution in [0.5, 0.6) is 0 Å². The zero-order valence-electron chi connectivity index (χ0n) is 18.0. The molecule has 1 aliphatic rings. The number of nitrogens with zero attached hydrogens (tertiary/aromatic N) is 3. The third-order valence-corrected chi connectivity index (χ3v) is 6.02. The number of aryl methyl sites for hydroxylation is 1. The van der Waals surface area contributed by atoms with E-state index in [0.717, 1.165) is 48.6 Å². The molecule has 7 heteroatoms. The van der Waals surface area contributed by atoms with Crippen molar-refractivity contribution in [3.8, 4) is 11.3 Å². The van der Waals surface area contributed by atoms with Crippen LogP contribution in [0.4, 0.5) is 0 Å². The number of benzene rings is 1. The molecule has 3 aromatic heterocycles. The first-order valence-corrected chi connectivity index (χ1v) is 10.8. The van der Waals surface area contributed by atoms with E-state index in [4.69, 9.17) is 4.42 Å². The second-order valence-electron chi connectivity index (χ2n) is 8.08. The van der Waals surface area contributed by atoms with Crippen molar-refractivity contribution in [2.45, 2.75) is 33.0 Å². The van der Waals surface area contributed by atoms with Gasteiger partial charge in [0.2, 0.25) is 0 Å². The van der Waals surface area contributed by atoms with Crippen molar-refractivity contribution >= 4 is 5.91 Å². The number of amides is 1. The van der Waals surface area contributed by atoms with Crippen molar-refractivity contribution in [1.82, 2.24) is 25.4 Å². The maximum atomic E-state index is 12.3. The smallest absolute Gasteiger partial charge is 0.287 e. The van der Waals surface area contributed by atoms with Crippen molar-refractivity contribution in [2.24, 2.45) is 0 Å². The molecule has 4 heterocycles. The minimum Gasteiger partial charge on any atom is -0.459 e. The molecule has 0 radical (unpaired) electrons. The number of rotatable bonds is 6. The van der Waals surface area contributed by atoms with Gasteiger partial charge in [0.05, 0.1) is 18.2 Å². The Bertz CT molecular complexity index is 1210. The third kappa shape index (κ3) is 4.07. The molecule has 0 atom stereocenters. The highest BCUT2D eigenvalue weighted by Crippen LogP contribution is 2.27. The van der Waals surface area contributed by atoms with Crippen LogP contribution in [0.15, 0.2) is 65.5 Å². The molecule has 0 spiro atoms. The van der Waals surface area contributed by atoms with Gasteiger partial charge in [0, 0.05) is 43.6 Å². The third-order valence-electron chi connectivity index (χ3n) is 6.02. The van der Waals surface area contributed by atoms with E-state index in [2.05, 4.69) is 37.5 Å². The Kier molecular flexibility index (Phi) is 5.56. The molecule has 0 bridgehead atoms. The second-order valence-corrected chi connectivity index (χ2v) is 8.08. The molecule has 1 aromatic carbocycles. The summed E-state index contributed by atoms with van der Waals surface area (Å²) in [7, 11) is 0. The van der Waals surface area contributed by atoms with E-state index in [0.29, 0.717) is 12.3 Å². The zero-order chi connectivity index (χ0) is 21.9. The number of hydrogen-bond donors (Lipinski definition) is 2. The Labute approximate surface area is 186 Å². The maximum absolute atomic E-state index is 12.3. The molecule has 162 valence electrons. The Morgan fingerprint density at radius 1 is 1.19 bits per heavy atom. The van der Waals surface area contributed by atoms with E-state index < -0.39 is 0 Å². The summed E-state index contributed by atoms with van der Waals surface area (Å²) >= 11 is 0. The fourth-order valence-corrected chi connectivity index (χ4v) is 4.34. The summed E-state index contributed by atoms with van der Waals surface area (Å²) in [5, 5.41) is 10.4. The van der Waals surface area contributed by atoms with Crippen LogP contribution < -0.4 is 5.32 Å². The van der Waals surface area contributed by atoms with E-state index in [9.17, 15) is 4.79 Å². The number of pyridine rings is 1. The minimum atomic E-state index is -0.210. The number of carbonyl (C=O) groups is 1. The molecule has 7 nitrogen and oxygen atoms in total. The Morgan fingerprint density at radius 3 is 2.88 bits per heavy atom. The number of furan rings is 1. The lowest BCUT2D eigenvalue weighted by Crippen LogP contribution is -2.32. The van der Waals surface area contributed by atoms with E-state index in [1.165, 1.54) is 23.0 Å². The van der Waals surface area contributed by atoms with Gasteiger partial charge in [0.1, 0.15) is 0 Å². The molecular weight excluding hydrogens is 402 g/mol. The molecule has 0 aliphatic carbocycles. The molecule has 4 aromatic rings. The van der Waals surface area contributed by atoms with Gasteiger partial charge in [-0.25, -0.2) is 0 Å². The molecular formula is C25H25N5O2. The van der Waals surface area contributed by atoms with E-state index >= 15 is 0 Å². The Hall–Kier alpha value is -3.71. The van der Waals surface area contributed by atoms with E-state index in [1.807, 2.05) is 37.5 Å². The molecule has 1 aliphatic heterocycles. The van der Waals surface area contributed by atoms with Crippen LogP contribution >= 0.6 is 0 Å². The number of aromatic amines is 1. The number of nitrogens with one attached hydrogen (secondary N) is 2. The van der Waals surface area contributed by atoms with Crippen LogP contribution in [-0.4, -0.2) is 32.5 Å². The van der Waals surface area contributed by atoms with Gasteiger partial charge in [-0.1, -0.05) is 30.3 Å². The van der Waals surface area contributed by atoms with Crippen molar-refractivity contribution in [1.29, 1.82) is 0 Å². The summed E-state index contributed by atoms with van der Waals surface area (Å²) in [5.41, 5.74) is 7.97. The van der Waals surface area contributed by atoms with Gasteiger partial charge in [-0.3, -0.25) is 19.8 Å². The van der Waals surface area contributed by atoms with Gasteiger partial charge in [-0.2, -0.15) is 5.10 Å². The van der Waals surface area contributed by atoms with Gasteiger partial charge in [0.25, 0.3) is 5.91 Å². The van der Waals surface area contributed by atoms with Crippen LogP contribution in [0.25, 0.3) is 11.3 Å². The van der Waals surface area contributed by atoms with Crippen molar-refractivity contribution < 1.29 is 9.21 Å². The van der Waals surface area contributed by atoms with Gasteiger partial charge < -0.3 is 9.73 Å². The lowest BCUT2D eigenvalue weighted by Gasteiger charge is -2.30. The molecule has 2 N–H and O–H groups in total. The molecule has 0 saturated heterocycles.